The van der Waals surface area contributed by atoms with Gasteiger partial charge in [0.2, 0.25) is 5.78 Å². The van der Waals surface area contributed by atoms with E-state index < -0.39 is 5.97 Å². The maximum Gasteiger partial charge on any atom is 0.228 e. The van der Waals surface area contributed by atoms with Gasteiger partial charge in [-0.3, -0.25) is 4.79 Å². The quantitative estimate of drug-likeness (QED) is 0.761. The molecule has 0 aliphatic heterocycles. The van der Waals surface area contributed by atoms with E-state index in [1.807, 2.05) is 12.1 Å². The molecular weight excluding hydrogens is 290 g/mol. The Morgan fingerprint density at radius 3 is 2.48 bits per heavy atom. The van der Waals surface area contributed by atoms with Crippen molar-refractivity contribution in [2.45, 2.75) is 19.8 Å². The summed E-state index contributed by atoms with van der Waals surface area (Å²) in [6, 6.07) is 7.50. The van der Waals surface area contributed by atoms with Crippen LogP contribution in [0.25, 0.3) is 0 Å². The van der Waals surface area contributed by atoms with Crippen LogP contribution < -0.4 is 9.84 Å². The second-order valence-electron chi connectivity index (χ2n) is 4.76. The first kappa shape index (κ1) is 15.2. The van der Waals surface area contributed by atoms with Gasteiger partial charge in [-0.2, -0.15) is 0 Å². The largest absolute Gasteiger partial charge is 0.543 e. The fourth-order valence-corrected chi connectivity index (χ4v) is 2.37. The van der Waals surface area contributed by atoms with E-state index in [0.29, 0.717) is 11.7 Å². The average Bonchev–Trinajstić information content (AvgIpc) is 2.95. The van der Waals surface area contributed by atoms with E-state index >= 15 is 0 Å². The molecule has 0 bridgehead atoms. The zero-order valence-electron chi connectivity index (χ0n) is 11.7. The van der Waals surface area contributed by atoms with E-state index in [9.17, 15) is 14.7 Å². The standard InChI is InChI=1S/C15H15NO4S/c1-9(2)10-3-5-11(6-4-10)20-7-13(17)14-16-12(8-21-14)15(18)19/h3-6,8-9H,7H2,1-2H3,(H,18,19)/p-1. The third-order valence-corrected chi connectivity index (χ3v) is 3.75. The van der Waals surface area contributed by atoms with Crippen molar-refractivity contribution < 1.29 is 19.4 Å². The topological polar surface area (TPSA) is 79.3 Å². The number of ether oxygens (including phenoxy) is 1. The number of carbonyl (C=O) groups excluding carboxylic acids is 2. The second kappa shape index (κ2) is 6.49. The van der Waals surface area contributed by atoms with Gasteiger partial charge in [0.15, 0.2) is 11.6 Å². The van der Waals surface area contributed by atoms with E-state index in [0.717, 1.165) is 11.3 Å². The fraction of sp³-hybridized carbons (Fsp3) is 0.267. The zero-order chi connectivity index (χ0) is 15.4. The number of carboxylic acids is 1. The highest BCUT2D eigenvalue weighted by Crippen LogP contribution is 2.19. The van der Waals surface area contributed by atoms with Crippen molar-refractivity contribution in [2.24, 2.45) is 0 Å². The number of aromatic carboxylic acids is 1. The van der Waals surface area contributed by atoms with Crippen LogP contribution in [0.4, 0.5) is 0 Å². The van der Waals surface area contributed by atoms with E-state index in [4.69, 9.17) is 4.74 Å². The monoisotopic (exact) mass is 304 g/mol. The molecule has 1 aromatic heterocycles. The molecule has 0 fully saturated rings. The molecule has 0 amide bonds. The highest BCUT2D eigenvalue weighted by molar-refractivity contribution is 7.11. The van der Waals surface area contributed by atoms with Gasteiger partial charge in [-0.25, -0.2) is 4.98 Å². The lowest BCUT2D eigenvalue weighted by molar-refractivity contribution is -0.255. The molecule has 6 heteroatoms. The van der Waals surface area contributed by atoms with Gasteiger partial charge >= 0.3 is 0 Å². The van der Waals surface area contributed by atoms with Crippen molar-refractivity contribution in [3.05, 3.63) is 45.9 Å². The summed E-state index contributed by atoms with van der Waals surface area (Å²) in [6.45, 7) is 4.01. The molecule has 2 rings (SSSR count). The molecule has 0 atom stereocenters. The first-order valence-corrected chi connectivity index (χ1v) is 7.28. The summed E-state index contributed by atoms with van der Waals surface area (Å²) in [5, 5.41) is 12.0. The van der Waals surface area contributed by atoms with Crippen molar-refractivity contribution in [3.8, 4) is 5.75 Å². The van der Waals surface area contributed by atoms with Crippen LogP contribution in [-0.2, 0) is 0 Å². The molecule has 1 aromatic carbocycles. The van der Waals surface area contributed by atoms with Gasteiger partial charge in [-0.05, 0) is 23.6 Å². The van der Waals surface area contributed by atoms with Crippen LogP contribution in [0.2, 0.25) is 0 Å². The Kier molecular flexibility index (Phi) is 4.70. The molecule has 0 saturated heterocycles. The number of aromatic nitrogens is 1. The summed E-state index contributed by atoms with van der Waals surface area (Å²) >= 11 is 0.966. The van der Waals surface area contributed by atoms with E-state index in [-0.39, 0.29) is 23.1 Å². The molecule has 110 valence electrons. The molecule has 21 heavy (non-hydrogen) atoms. The van der Waals surface area contributed by atoms with Crippen LogP contribution in [-0.4, -0.2) is 23.3 Å². The van der Waals surface area contributed by atoms with E-state index in [1.54, 1.807) is 12.1 Å². The Labute approximate surface area is 126 Å². The summed E-state index contributed by atoms with van der Waals surface area (Å²) in [6.07, 6.45) is 0. The Balaban J connectivity index is 1.95. The highest BCUT2D eigenvalue weighted by Gasteiger charge is 2.12. The van der Waals surface area contributed by atoms with Gasteiger partial charge in [-0.15, -0.1) is 11.3 Å². The van der Waals surface area contributed by atoms with Crippen molar-refractivity contribution in [1.82, 2.24) is 4.98 Å². The van der Waals surface area contributed by atoms with Gasteiger partial charge in [0.1, 0.15) is 5.75 Å². The van der Waals surface area contributed by atoms with Crippen LogP contribution in [0.15, 0.2) is 29.6 Å². The number of nitrogens with zero attached hydrogens (tertiary/aromatic N) is 1. The number of Topliss-reactive ketones (excluding diaryl/α,β-unsaturated/α-hetero) is 1. The lowest BCUT2D eigenvalue weighted by atomic mass is 10.0. The van der Waals surface area contributed by atoms with E-state index in [1.165, 1.54) is 10.9 Å². The zero-order valence-corrected chi connectivity index (χ0v) is 12.5. The number of carbonyl (C=O) groups is 2. The van der Waals surface area contributed by atoms with Crippen LogP contribution in [0.5, 0.6) is 5.75 Å². The maximum atomic E-state index is 11.8. The first-order chi connectivity index (χ1) is 9.97. The SMILES string of the molecule is CC(C)c1ccc(OCC(=O)c2nc(C(=O)[O-])cs2)cc1. The molecular formula is C15H14NO4S-. The highest BCUT2D eigenvalue weighted by atomic mass is 32.1. The predicted molar refractivity (Wildman–Crippen MR) is 76.8 cm³/mol. The number of carboxylic acid groups (broad SMARTS) is 1. The Bertz CT molecular complexity index is 646. The number of thiazole rings is 1. The van der Waals surface area contributed by atoms with Gasteiger partial charge < -0.3 is 14.6 Å². The minimum Gasteiger partial charge on any atom is -0.543 e. The summed E-state index contributed by atoms with van der Waals surface area (Å²) in [7, 11) is 0. The molecule has 2 aromatic rings. The van der Waals surface area contributed by atoms with E-state index in [2.05, 4.69) is 18.8 Å². The third-order valence-electron chi connectivity index (χ3n) is 2.87. The van der Waals surface area contributed by atoms with Gasteiger partial charge in [0.25, 0.3) is 0 Å². The molecule has 5 nitrogen and oxygen atoms in total. The second-order valence-corrected chi connectivity index (χ2v) is 5.62. The van der Waals surface area contributed by atoms with Crippen LogP contribution in [0, 0.1) is 0 Å². The van der Waals surface area contributed by atoms with Crippen molar-refractivity contribution in [3.63, 3.8) is 0 Å². The van der Waals surface area contributed by atoms with Gasteiger partial charge in [0.05, 0.1) is 11.7 Å². The number of benzene rings is 1. The summed E-state index contributed by atoms with van der Waals surface area (Å²) in [4.78, 5) is 26.1. The molecule has 0 N–H and O–H groups in total. The average molecular weight is 304 g/mol. The Morgan fingerprint density at radius 1 is 1.29 bits per heavy atom. The van der Waals surface area contributed by atoms with Crippen molar-refractivity contribution in [1.29, 1.82) is 0 Å². The van der Waals surface area contributed by atoms with Crippen LogP contribution in [0.3, 0.4) is 0 Å². The lowest BCUT2D eigenvalue weighted by Gasteiger charge is -2.07. The maximum absolute atomic E-state index is 11.8. The fourth-order valence-electron chi connectivity index (χ4n) is 1.66. The summed E-state index contributed by atoms with van der Waals surface area (Å²) < 4.78 is 5.38. The van der Waals surface area contributed by atoms with Crippen LogP contribution in [0.1, 0.15) is 45.6 Å². The van der Waals surface area contributed by atoms with Gasteiger partial charge in [-0.1, -0.05) is 26.0 Å². The summed E-state index contributed by atoms with van der Waals surface area (Å²) in [5.41, 5.74) is 0.955. The molecule has 0 spiro atoms. The smallest absolute Gasteiger partial charge is 0.228 e. The number of hydrogen-bond acceptors (Lipinski definition) is 6. The summed E-state index contributed by atoms with van der Waals surface area (Å²) in [5.74, 6) is -0.737. The Hall–Kier alpha value is -2.21. The minimum atomic E-state index is -1.39. The molecule has 0 saturated carbocycles. The van der Waals surface area contributed by atoms with Crippen molar-refractivity contribution in [2.75, 3.05) is 6.61 Å². The lowest BCUT2D eigenvalue weighted by Crippen LogP contribution is -2.23. The number of ketones is 1. The number of hydrogen-bond donors (Lipinski definition) is 0. The molecule has 0 aliphatic carbocycles. The van der Waals surface area contributed by atoms with Gasteiger partial charge in [0, 0.05) is 5.38 Å². The third kappa shape index (κ3) is 3.88. The van der Waals surface area contributed by atoms with Crippen LogP contribution >= 0.6 is 11.3 Å². The number of rotatable bonds is 6. The predicted octanol–water partition coefficient (Wildman–Crippen LogP) is 1.89. The molecule has 0 radical (unpaired) electrons. The minimum absolute atomic E-state index is 0.105. The molecule has 0 aliphatic rings. The molecule has 0 unspecified atom stereocenters. The molecule has 1 heterocycles. The first-order valence-electron chi connectivity index (χ1n) is 6.40. The van der Waals surface area contributed by atoms with Crippen molar-refractivity contribution >= 4 is 23.1 Å². The Morgan fingerprint density at radius 2 is 1.95 bits per heavy atom. The normalized spacial score (nSPS) is 10.6.